The Morgan fingerprint density at radius 2 is 1.87 bits per heavy atom. The Labute approximate surface area is 86.5 Å². The lowest BCUT2D eigenvalue weighted by atomic mass is 9.97. The molecule has 1 N–H and O–H groups in total. The zero-order valence-corrected chi connectivity index (χ0v) is 8.60. The van der Waals surface area contributed by atoms with Gasteiger partial charge in [-0.15, -0.1) is 0 Å². The van der Waals surface area contributed by atoms with Crippen LogP contribution in [0, 0.1) is 0 Å². The standard InChI is InChI=1S/C11H13F3O/c1-7(2)8-3-4-9(6-15)10(5-8)11(12,13)14/h3-5,7,15H,6H2,1-2H3. The van der Waals surface area contributed by atoms with Crippen LogP contribution < -0.4 is 0 Å². The molecule has 0 spiro atoms. The maximum absolute atomic E-state index is 12.6. The molecule has 1 rings (SSSR count). The highest BCUT2D eigenvalue weighted by Crippen LogP contribution is 2.34. The second-order valence-corrected chi connectivity index (χ2v) is 3.73. The second kappa shape index (κ2) is 4.23. The molecule has 84 valence electrons. The average Bonchev–Trinajstić information content (AvgIpc) is 2.15. The largest absolute Gasteiger partial charge is 0.416 e. The van der Waals surface area contributed by atoms with E-state index in [4.69, 9.17) is 5.11 Å². The molecule has 1 aromatic rings. The van der Waals surface area contributed by atoms with Crippen molar-refractivity contribution in [1.82, 2.24) is 0 Å². The van der Waals surface area contributed by atoms with Crippen molar-refractivity contribution in [3.05, 3.63) is 34.9 Å². The minimum atomic E-state index is -4.40. The fraction of sp³-hybridized carbons (Fsp3) is 0.455. The van der Waals surface area contributed by atoms with Crippen molar-refractivity contribution < 1.29 is 18.3 Å². The van der Waals surface area contributed by atoms with Crippen LogP contribution in [0.4, 0.5) is 13.2 Å². The van der Waals surface area contributed by atoms with E-state index in [2.05, 4.69) is 0 Å². The zero-order chi connectivity index (χ0) is 11.6. The number of hydrogen-bond donors (Lipinski definition) is 1. The Kier molecular flexibility index (Phi) is 3.39. The summed E-state index contributed by atoms with van der Waals surface area (Å²) in [6, 6.07) is 4.06. The van der Waals surface area contributed by atoms with E-state index in [9.17, 15) is 13.2 Å². The van der Waals surface area contributed by atoms with Gasteiger partial charge in [-0.3, -0.25) is 0 Å². The fourth-order valence-electron chi connectivity index (χ4n) is 1.35. The maximum Gasteiger partial charge on any atom is 0.416 e. The summed E-state index contributed by atoms with van der Waals surface area (Å²) in [7, 11) is 0. The normalized spacial score (nSPS) is 12.2. The second-order valence-electron chi connectivity index (χ2n) is 3.73. The third-order valence-corrected chi connectivity index (χ3v) is 2.28. The lowest BCUT2D eigenvalue weighted by Gasteiger charge is -2.14. The molecule has 0 saturated carbocycles. The van der Waals surface area contributed by atoms with Crippen LogP contribution in [0.25, 0.3) is 0 Å². The van der Waals surface area contributed by atoms with Crippen LogP contribution in [-0.2, 0) is 12.8 Å². The minimum Gasteiger partial charge on any atom is -0.392 e. The summed E-state index contributed by atoms with van der Waals surface area (Å²) in [4.78, 5) is 0. The summed E-state index contributed by atoms with van der Waals surface area (Å²) in [5.41, 5.74) is -0.192. The van der Waals surface area contributed by atoms with E-state index < -0.39 is 18.3 Å². The summed E-state index contributed by atoms with van der Waals surface area (Å²) in [5, 5.41) is 8.81. The summed E-state index contributed by atoms with van der Waals surface area (Å²) < 4.78 is 37.7. The number of halogens is 3. The molecular weight excluding hydrogens is 205 g/mol. The van der Waals surface area contributed by atoms with Crippen LogP contribution in [0.15, 0.2) is 18.2 Å². The van der Waals surface area contributed by atoms with Crippen LogP contribution >= 0.6 is 0 Å². The van der Waals surface area contributed by atoms with Crippen molar-refractivity contribution in [2.75, 3.05) is 0 Å². The molecule has 4 heteroatoms. The molecule has 0 aromatic heterocycles. The predicted octanol–water partition coefficient (Wildman–Crippen LogP) is 3.32. The summed E-state index contributed by atoms with van der Waals surface area (Å²) >= 11 is 0. The number of rotatable bonds is 2. The van der Waals surface area contributed by atoms with E-state index >= 15 is 0 Å². The van der Waals surface area contributed by atoms with Gasteiger partial charge in [0.25, 0.3) is 0 Å². The van der Waals surface area contributed by atoms with Gasteiger partial charge in [-0.1, -0.05) is 26.0 Å². The van der Waals surface area contributed by atoms with Crippen molar-refractivity contribution in [3.63, 3.8) is 0 Å². The van der Waals surface area contributed by atoms with E-state index in [1.807, 2.05) is 13.8 Å². The fourth-order valence-corrected chi connectivity index (χ4v) is 1.35. The van der Waals surface area contributed by atoms with Crippen molar-refractivity contribution in [2.45, 2.75) is 32.5 Å². The van der Waals surface area contributed by atoms with E-state index in [0.29, 0.717) is 5.56 Å². The molecule has 0 saturated heterocycles. The van der Waals surface area contributed by atoms with Crippen LogP contribution in [0.5, 0.6) is 0 Å². The van der Waals surface area contributed by atoms with E-state index in [-0.39, 0.29) is 11.5 Å². The van der Waals surface area contributed by atoms with Crippen molar-refractivity contribution in [2.24, 2.45) is 0 Å². The van der Waals surface area contributed by atoms with Gasteiger partial charge in [0, 0.05) is 0 Å². The molecule has 0 fully saturated rings. The Morgan fingerprint density at radius 1 is 1.27 bits per heavy atom. The molecule has 15 heavy (non-hydrogen) atoms. The SMILES string of the molecule is CC(C)c1ccc(CO)c(C(F)(F)F)c1. The van der Waals surface area contributed by atoms with Crippen molar-refractivity contribution in [3.8, 4) is 0 Å². The van der Waals surface area contributed by atoms with Gasteiger partial charge < -0.3 is 5.11 Å². The topological polar surface area (TPSA) is 20.2 Å². The summed E-state index contributed by atoms with van der Waals surface area (Å²) in [6.45, 7) is 3.06. The Bertz CT molecular complexity index is 342. The molecule has 0 aliphatic heterocycles. The average molecular weight is 218 g/mol. The molecule has 0 unspecified atom stereocenters. The number of alkyl halides is 3. The van der Waals surface area contributed by atoms with E-state index in [1.54, 1.807) is 6.07 Å². The Morgan fingerprint density at radius 3 is 2.27 bits per heavy atom. The highest BCUT2D eigenvalue weighted by Gasteiger charge is 2.33. The van der Waals surface area contributed by atoms with Crippen LogP contribution in [-0.4, -0.2) is 5.11 Å². The van der Waals surface area contributed by atoms with Crippen molar-refractivity contribution >= 4 is 0 Å². The van der Waals surface area contributed by atoms with Gasteiger partial charge in [0.1, 0.15) is 0 Å². The number of aliphatic hydroxyl groups excluding tert-OH is 1. The van der Waals surface area contributed by atoms with Gasteiger partial charge >= 0.3 is 6.18 Å². The highest BCUT2D eigenvalue weighted by molar-refractivity contribution is 5.35. The molecule has 0 aliphatic carbocycles. The first-order chi connectivity index (χ1) is 6.86. The van der Waals surface area contributed by atoms with Gasteiger partial charge in [-0.25, -0.2) is 0 Å². The molecule has 0 amide bonds. The molecule has 0 heterocycles. The van der Waals surface area contributed by atoms with Gasteiger partial charge in [0.2, 0.25) is 0 Å². The highest BCUT2D eigenvalue weighted by atomic mass is 19.4. The molecule has 1 aromatic carbocycles. The van der Waals surface area contributed by atoms with E-state index in [0.717, 1.165) is 6.07 Å². The van der Waals surface area contributed by atoms with E-state index in [1.165, 1.54) is 6.07 Å². The van der Waals surface area contributed by atoms with Crippen LogP contribution in [0.1, 0.15) is 36.5 Å². The van der Waals surface area contributed by atoms with Crippen LogP contribution in [0.2, 0.25) is 0 Å². The third-order valence-electron chi connectivity index (χ3n) is 2.28. The number of benzene rings is 1. The Hall–Kier alpha value is -1.03. The molecule has 0 radical (unpaired) electrons. The first-order valence-corrected chi connectivity index (χ1v) is 4.67. The number of hydrogen-bond acceptors (Lipinski definition) is 1. The first kappa shape index (κ1) is 12.0. The molecule has 1 nitrogen and oxygen atoms in total. The van der Waals surface area contributed by atoms with Gasteiger partial charge in [-0.2, -0.15) is 13.2 Å². The quantitative estimate of drug-likeness (QED) is 0.807. The maximum atomic E-state index is 12.6. The minimum absolute atomic E-state index is 0.0406. The van der Waals surface area contributed by atoms with Crippen LogP contribution in [0.3, 0.4) is 0 Å². The third kappa shape index (κ3) is 2.72. The van der Waals surface area contributed by atoms with Gasteiger partial charge in [0.05, 0.1) is 12.2 Å². The zero-order valence-electron chi connectivity index (χ0n) is 8.60. The first-order valence-electron chi connectivity index (χ1n) is 4.67. The molecule has 0 atom stereocenters. The number of aliphatic hydroxyl groups is 1. The monoisotopic (exact) mass is 218 g/mol. The summed E-state index contributed by atoms with van der Waals surface area (Å²) in [6.07, 6.45) is -4.40. The Balaban J connectivity index is 3.26. The lowest BCUT2D eigenvalue weighted by Crippen LogP contribution is -2.10. The van der Waals surface area contributed by atoms with Crippen molar-refractivity contribution in [1.29, 1.82) is 0 Å². The van der Waals surface area contributed by atoms with Gasteiger partial charge in [0.15, 0.2) is 0 Å². The van der Waals surface area contributed by atoms with Gasteiger partial charge in [-0.05, 0) is 23.1 Å². The smallest absolute Gasteiger partial charge is 0.392 e. The predicted molar refractivity (Wildman–Crippen MR) is 51.5 cm³/mol. The molecule has 0 bridgehead atoms. The summed E-state index contributed by atoms with van der Waals surface area (Å²) in [5.74, 6) is 0.0406. The lowest BCUT2D eigenvalue weighted by molar-refractivity contribution is -0.138. The molecule has 0 aliphatic rings. The molecular formula is C11H13F3O.